The van der Waals surface area contributed by atoms with E-state index in [0.717, 1.165) is 0 Å². The molecule has 0 aromatic carbocycles. The maximum atomic E-state index is 10.4. The first-order chi connectivity index (χ1) is 5.84. The second kappa shape index (κ2) is 5.15. The van der Waals surface area contributed by atoms with Crippen LogP contribution in [0.4, 0.5) is 0 Å². The van der Waals surface area contributed by atoms with E-state index >= 15 is 0 Å². The third-order valence-electron chi connectivity index (χ3n) is 1.31. The maximum absolute atomic E-state index is 10.4. The standard InChI is InChI=1S/C6H12O6S/c1-5(13(9,10)11)12-4-2-3-6(7)8/h5H,2-4H2,1H3,(H,7,8)(H,9,10,11). The Labute approximate surface area is 76.3 Å². The van der Waals surface area contributed by atoms with E-state index in [4.69, 9.17) is 9.66 Å². The molecule has 0 radical (unpaired) electrons. The number of hydrogen-bond acceptors (Lipinski definition) is 4. The molecule has 0 aliphatic heterocycles. The minimum absolute atomic E-state index is 0.00669. The Morgan fingerprint density at radius 1 is 1.54 bits per heavy atom. The summed E-state index contributed by atoms with van der Waals surface area (Å²) in [7, 11) is -4.17. The van der Waals surface area contributed by atoms with E-state index < -0.39 is 21.5 Å². The van der Waals surface area contributed by atoms with Crippen LogP contribution in [0.1, 0.15) is 19.8 Å². The summed E-state index contributed by atoms with van der Waals surface area (Å²) in [5, 5.41) is 8.22. The third-order valence-corrected chi connectivity index (χ3v) is 2.28. The average Bonchev–Trinajstić information content (AvgIpc) is 1.95. The molecule has 0 aliphatic rings. The van der Waals surface area contributed by atoms with Crippen molar-refractivity contribution in [2.24, 2.45) is 0 Å². The largest absolute Gasteiger partial charge is 0.481 e. The van der Waals surface area contributed by atoms with Crippen LogP contribution in [-0.2, 0) is 19.6 Å². The second-order valence-electron chi connectivity index (χ2n) is 2.45. The van der Waals surface area contributed by atoms with Crippen molar-refractivity contribution in [3.63, 3.8) is 0 Å². The lowest BCUT2D eigenvalue weighted by Crippen LogP contribution is -2.20. The highest BCUT2D eigenvalue weighted by atomic mass is 32.2. The normalized spacial score (nSPS) is 14.0. The van der Waals surface area contributed by atoms with Crippen molar-refractivity contribution in [2.75, 3.05) is 6.61 Å². The molecule has 0 bridgehead atoms. The quantitative estimate of drug-likeness (QED) is 0.478. The van der Waals surface area contributed by atoms with E-state index in [-0.39, 0.29) is 19.4 Å². The van der Waals surface area contributed by atoms with Crippen molar-refractivity contribution in [3.05, 3.63) is 0 Å². The van der Waals surface area contributed by atoms with Crippen molar-refractivity contribution >= 4 is 16.1 Å². The fourth-order valence-corrected chi connectivity index (χ4v) is 0.827. The summed E-state index contributed by atoms with van der Waals surface area (Å²) in [5.74, 6) is -0.969. The van der Waals surface area contributed by atoms with Crippen LogP contribution in [-0.4, -0.2) is 36.1 Å². The number of hydrogen-bond donors (Lipinski definition) is 2. The number of aliphatic carboxylic acids is 1. The Kier molecular flexibility index (Phi) is 4.89. The fraction of sp³-hybridized carbons (Fsp3) is 0.833. The summed E-state index contributed by atoms with van der Waals surface area (Å²) in [6.07, 6.45) is 0.132. The molecule has 0 saturated heterocycles. The van der Waals surface area contributed by atoms with E-state index in [1.54, 1.807) is 0 Å². The highest BCUT2D eigenvalue weighted by Crippen LogP contribution is 2.01. The summed E-state index contributed by atoms with van der Waals surface area (Å²) in [5.41, 5.74) is -1.30. The first-order valence-corrected chi connectivity index (χ1v) is 5.14. The van der Waals surface area contributed by atoms with Gasteiger partial charge in [-0.3, -0.25) is 9.35 Å². The van der Waals surface area contributed by atoms with Crippen molar-refractivity contribution in [1.82, 2.24) is 0 Å². The van der Waals surface area contributed by atoms with Crippen LogP contribution in [0.5, 0.6) is 0 Å². The smallest absolute Gasteiger partial charge is 0.303 e. The molecule has 0 heterocycles. The van der Waals surface area contributed by atoms with Crippen LogP contribution in [0.15, 0.2) is 0 Å². The van der Waals surface area contributed by atoms with Gasteiger partial charge in [-0.1, -0.05) is 0 Å². The van der Waals surface area contributed by atoms with Crippen LogP contribution >= 0.6 is 0 Å². The topological polar surface area (TPSA) is 101 Å². The van der Waals surface area contributed by atoms with Crippen LogP contribution in [0.2, 0.25) is 0 Å². The van der Waals surface area contributed by atoms with Gasteiger partial charge >= 0.3 is 5.97 Å². The van der Waals surface area contributed by atoms with Gasteiger partial charge in [-0.05, 0) is 13.3 Å². The molecule has 0 rings (SSSR count). The molecular formula is C6H12O6S. The molecule has 1 atom stereocenters. The number of ether oxygens (including phenoxy) is 1. The minimum Gasteiger partial charge on any atom is -0.481 e. The predicted octanol–water partition coefficient (Wildman–Crippen LogP) is 0.102. The van der Waals surface area contributed by atoms with Crippen LogP contribution in [0.3, 0.4) is 0 Å². The molecule has 0 fully saturated rings. The number of carboxylic acids is 1. The number of carboxylic acid groups (broad SMARTS) is 1. The Bertz CT molecular complexity index is 256. The first kappa shape index (κ1) is 12.3. The van der Waals surface area contributed by atoms with Crippen molar-refractivity contribution < 1.29 is 27.6 Å². The molecule has 1 unspecified atom stereocenters. The van der Waals surface area contributed by atoms with E-state index in [9.17, 15) is 13.2 Å². The van der Waals surface area contributed by atoms with Crippen molar-refractivity contribution in [1.29, 1.82) is 0 Å². The van der Waals surface area contributed by atoms with Gasteiger partial charge in [0.1, 0.15) is 0 Å². The van der Waals surface area contributed by atoms with Crippen molar-refractivity contribution in [2.45, 2.75) is 25.2 Å². The van der Waals surface area contributed by atoms with E-state index in [1.165, 1.54) is 6.92 Å². The molecule has 7 heteroatoms. The Balaban J connectivity index is 3.61. The fourth-order valence-electron chi connectivity index (χ4n) is 0.559. The van der Waals surface area contributed by atoms with Gasteiger partial charge in [0.25, 0.3) is 10.1 Å². The maximum Gasteiger partial charge on any atom is 0.303 e. The minimum atomic E-state index is -4.17. The molecule has 78 valence electrons. The van der Waals surface area contributed by atoms with Gasteiger partial charge in [0, 0.05) is 13.0 Å². The molecule has 0 spiro atoms. The molecule has 6 nitrogen and oxygen atoms in total. The van der Waals surface area contributed by atoms with Gasteiger partial charge in [-0.25, -0.2) is 0 Å². The van der Waals surface area contributed by atoms with Gasteiger partial charge < -0.3 is 9.84 Å². The Morgan fingerprint density at radius 2 is 2.08 bits per heavy atom. The van der Waals surface area contributed by atoms with Gasteiger partial charge in [-0.15, -0.1) is 0 Å². The molecule has 0 amide bonds. The Morgan fingerprint density at radius 3 is 2.46 bits per heavy atom. The third kappa shape index (κ3) is 6.50. The zero-order valence-electron chi connectivity index (χ0n) is 7.13. The summed E-state index contributed by atoms with van der Waals surface area (Å²) in [4.78, 5) is 10.0. The highest BCUT2D eigenvalue weighted by Gasteiger charge is 2.16. The van der Waals surface area contributed by atoms with Crippen LogP contribution in [0, 0.1) is 0 Å². The molecule has 0 aromatic heterocycles. The lowest BCUT2D eigenvalue weighted by molar-refractivity contribution is -0.137. The van der Waals surface area contributed by atoms with E-state index in [1.807, 2.05) is 0 Å². The molecular weight excluding hydrogens is 200 g/mol. The van der Waals surface area contributed by atoms with Gasteiger partial charge in [0.15, 0.2) is 5.44 Å². The zero-order chi connectivity index (χ0) is 10.5. The van der Waals surface area contributed by atoms with Crippen LogP contribution in [0.25, 0.3) is 0 Å². The van der Waals surface area contributed by atoms with Gasteiger partial charge in [-0.2, -0.15) is 8.42 Å². The summed E-state index contributed by atoms with van der Waals surface area (Å²) in [6.45, 7) is 1.17. The molecule has 13 heavy (non-hydrogen) atoms. The molecule has 0 aliphatic carbocycles. The first-order valence-electron chi connectivity index (χ1n) is 3.63. The summed E-state index contributed by atoms with van der Waals surface area (Å²) < 4.78 is 33.8. The molecule has 0 aromatic rings. The lowest BCUT2D eigenvalue weighted by Gasteiger charge is -2.08. The number of rotatable bonds is 6. The highest BCUT2D eigenvalue weighted by molar-refractivity contribution is 7.86. The number of carbonyl (C=O) groups is 1. The lowest BCUT2D eigenvalue weighted by atomic mass is 10.3. The summed E-state index contributed by atoms with van der Waals surface area (Å²) in [6, 6.07) is 0. The average molecular weight is 212 g/mol. The summed E-state index contributed by atoms with van der Waals surface area (Å²) >= 11 is 0. The zero-order valence-corrected chi connectivity index (χ0v) is 7.95. The predicted molar refractivity (Wildman–Crippen MR) is 43.8 cm³/mol. The monoisotopic (exact) mass is 212 g/mol. The molecule has 2 N–H and O–H groups in total. The van der Waals surface area contributed by atoms with Gasteiger partial charge in [0.2, 0.25) is 0 Å². The molecule has 0 saturated carbocycles. The second-order valence-corrected chi connectivity index (χ2v) is 4.14. The van der Waals surface area contributed by atoms with Crippen LogP contribution < -0.4 is 0 Å². The van der Waals surface area contributed by atoms with Gasteiger partial charge in [0.05, 0.1) is 0 Å². The van der Waals surface area contributed by atoms with Crippen molar-refractivity contribution in [3.8, 4) is 0 Å². The van der Waals surface area contributed by atoms with E-state index in [0.29, 0.717) is 0 Å². The van der Waals surface area contributed by atoms with E-state index in [2.05, 4.69) is 4.74 Å². The Hall–Kier alpha value is -0.660. The SMILES string of the molecule is CC(OCCCC(=O)O)S(=O)(=O)O.